The first-order chi connectivity index (χ1) is 14.7. The molecule has 1 saturated heterocycles. The summed E-state index contributed by atoms with van der Waals surface area (Å²) < 4.78 is 5.58. The van der Waals surface area contributed by atoms with E-state index in [0.717, 1.165) is 60.1 Å². The Morgan fingerprint density at radius 1 is 1.17 bits per heavy atom. The topological polar surface area (TPSA) is 71.1 Å². The molecule has 0 unspecified atom stereocenters. The number of aromatic nitrogens is 3. The van der Waals surface area contributed by atoms with Crippen LogP contribution in [0.5, 0.6) is 5.75 Å². The largest absolute Gasteiger partial charge is 0.415 e. The number of rotatable bonds is 6. The smallest absolute Gasteiger partial charge is 0.410 e. The summed E-state index contributed by atoms with van der Waals surface area (Å²) in [7, 11) is 0. The van der Waals surface area contributed by atoms with Crippen molar-refractivity contribution < 1.29 is 9.53 Å². The Bertz CT molecular complexity index is 934. The van der Waals surface area contributed by atoms with Gasteiger partial charge in [-0.15, -0.1) is 0 Å². The van der Waals surface area contributed by atoms with Crippen LogP contribution in [0.2, 0.25) is 0 Å². The normalized spacial score (nSPS) is 14.6. The quantitative estimate of drug-likeness (QED) is 0.583. The summed E-state index contributed by atoms with van der Waals surface area (Å²) in [6, 6.07) is 11.8. The second-order valence-corrected chi connectivity index (χ2v) is 8.66. The lowest BCUT2D eigenvalue weighted by Gasteiger charge is -2.30. The fourth-order valence-electron chi connectivity index (χ4n) is 3.46. The van der Waals surface area contributed by atoms with Crippen molar-refractivity contribution in [1.29, 1.82) is 0 Å². The molecule has 1 fully saturated rings. The number of aryl methyl sites for hydroxylation is 1. The number of likely N-dealkylation sites (tertiary alicyclic amines) is 1. The minimum absolute atomic E-state index is 0.264. The number of imidazole rings is 1. The van der Waals surface area contributed by atoms with Gasteiger partial charge in [0.15, 0.2) is 5.16 Å². The zero-order chi connectivity index (χ0) is 20.8. The Balaban J connectivity index is 1.22. The molecule has 1 aliphatic heterocycles. The van der Waals surface area contributed by atoms with Gasteiger partial charge < -0.3 is 14.6 Å². The summed E-state index contributed by atoms with van der Waals surface area (Å²) in [6.45, 7) is 3.50. The van der Waals surface area contributed by atoms with E-state index in [9.17, 15) is 4.79 Å². The van der Waals surface area contributed by atoms with Gasteiger partial charge in [-0.05, 0) is 55.0 Å². The Morgan fingerprint density at radius 3 is 2.63 bits per heavy atom. The van der Waals surface area contributed by atoms with Gasteiger partial charge in [0.25, 0.3) is 0 Å². The number of aromatic amines is 1. The molecule has 4 rings (SSSR count). The summed E-state index contributed by atoms with van der Waals surface area (Å²) in [5.41, 5.74) is 3.32. The number of pyridine rings is 1. The maximum Gasteiger partial charge on any atom is 0.415 e. The minimum atomic E-state index is -0.264. The van der Waals surface area contributed by atoms with Crippen LogP contribution < -0.4 is 4.74 Å². The highest BCUT2D eigenvalue weighted by molar-refractivity contribution is 7.99. The van der Waals surface area contributed by atoms with E-state index in [1.54, 1.807) is 22.9 Å². The van der Waals surface area contributed by atoms with Crippen LogP contribution in [0.25, 0.3) is 0 Å². The lowest BCUT2D eigenvalue weighted by atomic mass is 9.99. The predicted molar refractivity (Wildman–Crippen MR) is 118 cm³/mol. The van der Waals surface area contributed by atoms with Crippen molar-refractivity contribution >= 4 is 17.9 Å². The number of nitrogens with zero attached hydrogens (tertiary/aromatic N) is 3. The van der Waals surface area contributed by atoms with Gasteiger partial charge in [0.1, 0.15) is 5.75 Å². The molecule has 0 aliphatic carbocycles. The first-order valence-corrected chi connectivity index (χ1v) is 11.2. The molecule has 156 valence electrons. The highest BCUT2D eigenvalue weighted by Crippen LogP contribution is 2.25. The molecule has 1 aromatic carbocycles. The number of hydrogen-bond acceptors (Lipinski definition) is 5. The van der Waals surface area contributed by atoms with Crippen molar-refractivity contribution in [3.05, 3.63) is 71.8 Å². The molecule has 30 heavy (non-hydrogen) atoms. The van der Waals surface area contributed by atoms with Crippen molar-refractivity contribution in [3.63, 3.8) is 0 Å². The molecule has 0 atom stereocenters. The Labute approximate surface area is 181 Å². The van der Waals surface area contributed by atoms with E-state index in [4.69, 9.17) is 4.74 Å². The van der Waals surface area contributed by atoms with Gasteiger partial charge in [-0.25, -0.2) is 9.78 Å². The Morgan fingerprint density at radius 2 is 1.97 bits per heavy atom. The first-order valence-electron chi connectivity index (χ1n) is 10.2. The average molecular weight is 423 g/mol. The number of hydrogen-bond donors (Lipinski definition) is 1. The second kappa shape index (κ2) is 9.80. The SMILES string of the molecule is Cc1ccc(Cc2ccc(OC(=O)N3CCC(CSc4ncc[nH]4)CC3)cc2)nc1. The first kappa shape index (κ1) is 20.5. The fourth-order valence-corrected chi connectivity index (χ4v) is 4.48. The third-order valence-corrected chi connectivity index (χ3v) is 6.42. The molecule has 2 aromatic heterocycles. The van der Waals surface area contributed by atoms with Gasteiger partial charge in [-0.2, -0.15) is 0 Å². The second-order valence-electron chi connectivity index (χ2n) is 7.65. The van der Waals surface area contributed by atoms with E-state index in [0.29, 0.717) is 11.7 Å². The van der Waals surface area contributed by atoms with Gasteiger partial charge in [0, 0.05) is 49.5 Å². The summed E-state index contributed by atoms with van der Waals surface area (Å²) in [5, 5.41) is 0.957. The van der Waals surface area contributed by atoms with Gasteiger partial charge in [-0.1, -0.05) is 30.0 Å². The van der Waals surface area contributed by atoms with E-state index in [2.05, 4.69) is 21.0 Å². The van der Waals surface area contributed by atoms with Crippen LogP contribution in [-0.4, -0.2) is 44.8 Å². The number of amides is 1. The van der Waals surface area contributed by atoms with E-state index >= 15 is 0 Å². The van der Waals surface area contributed by atoms with E-state index in [1.165, 1.54) is 0 Å². The van der Waals surface area contributed by atoms with E-state index in [1.807, 2.05) is 49.6 Å². The monoisotopic (exact) mass is 422 g/mol. The number of H-pyrrole nitrogens is 1. The maximum absolute atomic E-state index is 12.5. The van der Waals surface area contributed by atoms with Gasteiger partial charge in [0.05, 0.1) is 0 Å². The number of ether oxygens (including phenoxy) is 1. The maximum atomic E-state index is 12.5. The molecule has 1 amide bonds. The zero-order valence-corrected chi connectivity index (χ0v) is 17.9. The molecule has 3 heterocycles. The number of nitrogens with one attached hydrogen (secondary N) is 1. The van der Waals surface area contributed by atoms with Crippen LogP contribution in [0.15, 0.2) is 60.1 Å². The van der Waals surface area contributed by atoms with Gasteiger partial charge in [0.2, 0.25) is 0 Å². The van der Waals surface area contributed by atoms with Crippen molar-refractivity contribution in [1.82, 2.24) is 19.9 Å². The molecular weight excluding hydrogens is 396 g/mol. The molecule has 6 nitrogen and oxygen atoms in total. The van der Waals surface area contributed by atoms with Crippen LogP contribution in [0.4, 0.5) is 4.79 Å². The molecule has 1 aliphatic rings. The Hall–Kier alpha value is -2.80. The zero-order valence-electron chi connectivity index (χ0n) is 17.1. The number of benzene rings is 1. The van der Waals surface area contributed by atoms with Gasteiger partial charge >= 0.3 is 6.09 Å². The lowest BCUT2D eigenvalue weighted by molar-refractivity contribution is 0.134. The van der Waals surface area contributed by atoms with Crippen LogP contribution in [0, 0.1) is 12.8 Å². The van der Waals surface area contributed by atoms with Crippen molar-refractivity contribution in [2.75, 3.05) is 18.8 Å². The molecule has 7 heteroatoms. The van der Waals surface area contributed by atoms with E-state index < -0.39 is 0 Å². The Kier molecular flexibility index (Phi) is 6.69. The highest BCUT2D eigenvalue weighted by atomic mass is 32.2. The van der Waals surface area contributed by atoms with Crippen LogP contribution in [-0.2, 0) is 6.42 Å². The predicted octanol–water partition coefficient (Wildman–Crippen LogP) is 4.71. The minimum Gasteiger partial charge on any atom is -0.410 e. The summed E-state index contributed by atoms with van der Waals surface area (Å²) in [5.74, 6) is 2.20. The highest BCUT2D eigenvalue weighted by Gasteiger charge is 2.24. The van der Waals surface area contributed by atoms with Gasteiger partial charge in [-0.3, -0.25) is 4.98 Å². The molecule has 0 spiro atoms. The standard InChI is InChI=1S/C23H26N4O2S/c1-17-2-5-20(26-15-17)14-18-3-6-21(7-4-18)29-23(28)27-12-8-19(9-13-27)16-30-22-24-10-11-25-22/h2-7,10-11,15,19H,8-9,12-14,16H2,1H3,(H,24,25). The molecule has 3 aromatic rings. The molecule has 0 radical (unpaired) electrons. The summed E-state index contributed by atoms with van der Waals surface area (Å²) in [4.78, 5) is 26.1. The summed E-state index contributed by atoms with van der Waals surface area (Å²) >= 11 is 1.74. The molecule has 1 N–H and O–H groups in total. The van der Waals surface area contributed by atoms with Crippen molar-refractivity contribution in [3.8, 4) is 5.75 Å². The molecular formula is C23H26N4O2S. The molecule has 0 saturated carbocycles. The number of thioether (sulfide) groups is 1. The third-order valence-electron chi connectivity index (χ3n) is 5.29. The fraction of sp³-hybridized carbons (Fsp3) is 0.348. The van der Waals surface area contributed by atoms with Crippen LogP contribution in [0.3, 0.4) is 0 Å². The number of carbonyl (C=O) groups excluding carboxylic acids is 1. The average Bonchev–Trinajstić information content (AvgIpc) is 3.29. The molecule has 0 bridgehead atoms. The van der Waals surface area contributed by atoms with E-state index in [-0.39, 0.29) is 6.09 Å². The third kappa shape index (κ3) is 5.63. The van der Waals surface area contributed by atoms with Crippen LogP contribution >= 0.6 is 11.8 Å². The van der Waals surface area contributed by atoms with Crippen molar-refractivity contribution in [2.45, 2.75) is 31.3 Å². The summed E-state index contributed by atoms with van der Waals surface area (Å²) in [6.07, 6.45) is 7.97. The van der Waals surface area contributed by atoms with Crippen LogP contribution in [0.1, 0.15) is 29.7 Å². The number of piperidine rings is 1. The lowest BCUT2D eigenvalue weighted by Crippen LogP contribution is -2.40. The van der Waals surface area contributed by atoms with Crippen molar-refractivity contribution in [2.24, 2.45) is 5.92 Å². The number of carbonyl (C=O) groups is 1.